The van der Waals surface area contributed by atoms with E-state index in [1.807, 2.05) is 24.3 Å². The first kappa shape index (κ1) is 19.0. The van der Waals surface area contributed by atoms with Crippen molar-refractivity contribution in [3.05, 3.63) is 64.7 Å². The Morgan fingerprint density at radius 1 is 1.12 bits per heavy atom. The van der Waals surface area contributed by atoms with Crippen molar-refractivity contribution in [2.75, 3.05) is 18.0 Å². The van der Waals surface area contributed by atoms with Gasteiger partial charge in [0, 0.05) is 36.3 Å². The fourth-order valence-corrected chi connectivity index (χ4v) is 2.71. The summed E-state index contributed by atoms with van der Waals surface area (Å²) < 4.78 is 0. The Labute approximate surface area is 153 Å². The summed E-state index contributed by atoms with van der Waals surface area (Å²) in [4.78, 5) is 25.7. The fourth-order valence-electron chi connectivity index (χ4n) is 2.52. The molecule has 0 atom stereocenters. The molecule has 0 saturated carbocycles. The van der Waals surface area contributed by atoms with E-state index in [4.69, 9.17) is 11.6 Å². The highest BCUT2D eigenvalue weighted by Gasteiger charge is 2.13. The molecule has 0 bridgehead atoms. The van der Waals surface area contributed by atoms with Crippen LogP contribution >= 0.6 is 11.6 Å². The summed E-state index contributed by atoms with van der Waals surface area (Å²) in [6.45, 7) is 6.54. The molecule has 132 valence electrons. The molecule has 2 aromatic rings. The normalized spacial score (nSPS) is 10.6. The number of carbonyl (C=O) groups is 2. The summed E-state index contributed by atoms with van der Waals surface area (Å²) in [5.41, 5.74) is 2.55. The van der Waals surface area contributed by atoms with Gasteiger partial charge in [-0.15, -0.1) is 0 Å². The summed E-state index contributed by atoms with van der Waals surface area (Å²) in [5, 5.41) is 3.34. The van der Waals surface area contributed by atoms with E-state index in [1.165, 1.54) is 12.5 Å². The lowest BCUT2D eigenvalue weighted by molar-refractivity contribution is -0.116. The zero-order chi connectivity index (χ0) is 18.4. The van der Waals surface area contributed by atoms with Gasteiger partial charge in [-0.25, -0.2) is 0 Å². The summed E-state index contributed by atoms with van der Waals surface area (Å²) in [5.74, 6) is 0.173. The Bertz CT molecular complexity index is 742. The standard InChI is InChI=1S/C20H23ClN2O2/c1-14(2)16-7-9-19(10-8-16)23(15(3)24)12-11-22-20(25)17-5-4-6-18(21)13-17/h4-10,13-14H,11-12H2,1-3H3,(H,22,25). The lowest BCUT2D eigenvalue weighted by atomic mass is 10.0. The van der Waals surface area contributed by atoms with Gasteiger partial charge in [-0.05, 0) is 41.8 Å². The molecule has 2 amide bonds. The van der Waals surface area contributed by atoms with Crippen LogP contribution in [0.3, 0.4) is 0 Å². The molecule has 0 aliphatic carbocycles. The molecule has 0 aliphatic heterocycles. The second-order valence-corrected chi connectivity index (χ2v) is 6.62. The van der Waals surface area contributed by atoms with Gasteiger partial charge in [0.15, 0.2) is 0 Å². The van der Waals surface area contributed by atoms with Gasteiger partial charge in [-0.2, -0.15) is 0 Å². The van der Waals surface area contributed by atoms with E-state index in [9.17, 15) is 9.59 Å². The second-order valence-electron chi connectivity index (χ2n) is 6.18. The molecular formula is C20H23ClN2O2. The van der Waals surface area contributed by atoms with Crippen LogP contribution in [0.1, 0.15) is 42.6 Å². The van der Waals surface area contributed by atoms with E-state index in [2.05, 4.69) is 19.2 Å². The predicted molar refractivity (Wildman–Crippen MR) is 102 cm³/mol. The van der Waals surface area contributed by atoms with Gasteiger partial charge in [0.1, 0.15) is 0 Å². The first-order chi connectivity index (χ1) is 11.9. The van der Waals surface area contributed by atoms with Gasteiger partial charge in [-0.1, -0.05) is 43.6 Å². The van der Waals surface area contributed by atoms with Crippen LogP contribution in [0.15, 0.2) is 48.5 Å². The smallest absolute Gasteiger partial charge is 0.251 e. The van der Waals surface area contributed by atoms with Crippen LogP contribution in [-0.2, 0) is 4.79 Å². The maximum Gasteiger partial charge on any atom is 0.251 e. The number of halogens is 1. The van der Waals surface area contributed by atoms with Crippen molar-refractivity contribution < 1.29 is 9.59 Å². The highest BCUT2D eigenvalue weighted by atomic mass is 35.5. The monoisotopic (exact) mass is 358 g/mol. The van der Waals surface area contributed by atoms with E-state index >= 15 is 0 Å². The molecule has 2 aromatic carbocycles. The van der Waals surface area contributed by atoms with Gasteiger partial charge in [0.05, 0.1) is 0 Å². The molecule has 5 heteroatoms. The van der Waals surface area contributed by atoms with Crippen LogP contribution in [0.5, 0.6) is 0 Å². The SMILES string of the molecule is CC(=O)N(CCNC(=O)c1cccc(Cl)c1)c1ccc(C(C)C)cc1. The van der Waals surface area contributed by atoms with Gasteiger partial charge >= 0.3 is 0 Å². The van der Waals surface area contributed by atoms with E-state index in [0.29, 0.717) is 29.6 Å². The minimum absolute atomic E-state index is 0.0608. The first-order valence-electron chi connectivity index (χ1n) is 8.30. The van der Waals surface area contributed by atoms with Crippen molar-refractivity contribution >= 4 is 29.1 Å². The minimum atomic E-state index is -0.207. The molecule has 4 nitrogen and oxygen atoms in total. The number of hydrogen-bond acceptors (Lipinski definition) is 2. The summed E-state index contributed by atoms with van der Waals surface area (Å²) in [7, 11) is 0. The van der Waals surface area contributed by atoms with E-state index in [-0.39, 0.29) is 11.8 Å². The third-order valence-electron chi connectivity index (χ3n) is 3.96. The Balaban J connectivity index is 1.98. The number of amides is 2. The van der Waals surface area contributed by atoms with Crippen molar-refractivity contribution in [2.24, 2.45) is 0 Å². The highest BCUT2D eigenvalue weighted by molar-refractivity contribution is 6.30. The second kappa shape index (κ2) is 8.67. The van der Waals surface area contributed by atoms with Crippen LogP contribution < -0.4 is 10.2 Å². The zero-order valence-electron chi connectivity index (χ0n) is 14.8. The van der Waals surface area contributed by atoms with Crippen molar-refractivity contribution in [3.63, 3.8) is 0 Å². The third kappa shape index (κ3) is 5.33. The van der Waals surface area contributed by atoms with Crippen molar-refractivity contribution in [1.29, 1.82) is 0 Å². The topological polar surface area (TPSA) is 49.4 Å². The quantitative estimate of drug-likeness (QED) is 0.839. The predicted octanol–water partition coefficient (Wildman–Crippen LogP) is 4.25. The number of hydrogen-bond donors (Lipinski definition) is 1. The molecule has 0 aromatic heterocycles. The van der Waals surface area contributed by atoms with E-state index in [0.717, 1.165) is 5.69 Å². The van der Waals surface area contributed by atoms with Crippen molar-refractivity contribution in [2.45, 2.75) is 26.7 Å². The number of nitrogens with zero attached hydrogens (tertiary/aromatic N) is 1. The van der Waals surface area contributed by atoms with Crippen LogP contribution in [-0.4, -0.2) is 24.9 Å². The maximum absolute atomic E-state index is 12.1. The Morgan fingerprint density at radius 2 is 1.80 bits per heavy atom. The molecule has 1 N–H and O–H groups in total. The number of carbonyl (C=O) groups excluding carboxylic acids is 2. The fraction of sp³-hybridized carbons (Fsp3) is 0.300. The molecule has 0 fully saturated rings. The van der Waals surface area contributed by atoms with Gasteiger partial charge < -0.3 is 10.2 Å². The Hall–Kier alpha value is -2.33. The average Bonchev–Trinajstić information content (AvgIpc) is 2.58. The first-order valence-corrected chi connectivity index (χ1v) is 8.68. The molecule has 0 radical (unpaired) electrons. The molecular weight excluding hydrogens is 336 g/mol. The molecule has 0 heterocycles. The van der Waals surface area contributed by atoms with E-state index in [1.54, 1.807) is 29.2 Å². The summed E-state index contributed by atoms with van der Waals surface area (Å²) in [6, 6.07) is 14.7. The van der Waals surface area contributed by atoms with Crippen LogP contribution in [0.2, 0.25) is 5.02 Å². The number of benzene rings is 2. The molecule has 0 aliphatic rings. The van der Waals surface area contributed by atoms with Gasteiger partial charge in [0.2, 0.25) is 5.91 Å². The summed E-state index contributed by atoms with van der Waals surface area (Å²) >= 11 is 5.90. The van der Waals surface area contributed by atoms with Gasteiger partial charge in [0.25, 0.3) is 5.91 Å². The van der Waals surface area contributed by atoms with Gasteiger partial charge in [-0.3, -0.25) is 9.59 Å². The largest absolute Gasteiger partial charge is 0.350 e. The van der Waals surface area contributed by atoms with Crippen molar-refractivity contribution in [3.8, 4) is 0 Å². The lowest BCUT2D eigenvalue weighted by Gasteiger charge is -2.22. The molecule has 0 saturated heterocycles. The lowest BCUT2D eigenvalue weighted by Crippen LogP contribution is -2.37. The van der Waals surface area contributed by atoms with E-state index < -0.39 is 0 Å². The van der Waals surface area contributed by atoms with Crippen molar-refractivity contribution in [1.82, 2.24) is 5.32 Å². The molecule has 0 spiro atoms. The molecule has 25 heavy (non-hydrogen) atoms. The Kier molecular flexibility index (Phi) is 6.59. The minimum Gasteiger partial charge on any atom is -0.350 e. The van der Waals surface area contributed by atoms with Crippen LogP contribution in [0, 0.1) is 0 Å². The van der Waals surface area contributed by atoms with Crippen LogP contribution in [0.25, 0.3) is 0 Å². The summed E-state index contributed by atoms with van der Waals surface area (Å²) in [6.07, 6.45) is 0. The third-order valence-corrected chi connectivity index (χ3v) is 4.19. The molecule has 0 unspecified atom stereocenters. The number of nitrogens with one attached hydrogen (secondary N) is 1. The average molecular weight is 359 g/mol. The zero-order valence-corrected chi connectivity index (χ0v) is 15.5. The number of anilines is 1. The Morgan fingerprint density at radius 3 is 2.36 bits per heavy atom. The van der Waals surface area contributed by atoms with Crippen LogP contribution in [0.4, 0.5) is 5.69 Å². The molecule has 2 rings (SSSR count). The maximum atomic E-state index is 12.1. The number of rotatable bonds is 6. The highest BCUT2D eigenvalue weighted by Crippen LogP contribution is 2.20.